The topological polar surface area (TPSA) is 35.9 Å². The fourth-order valence-electron chi connectivity index (χ4n) is 2.52. The molecular formula is C16H20Cl2N2O2. The monoisotopic (exact) mass is 342 g/mol. The summed E-state index contributed by atoms with van der Waals surface area (Å²) in [5.41, 5.74) is 1.04. The molecule has 1 heterocycles. The normalized spacial score (nSPS) is 17.3. The Morgan fingerprint density at radius 3 is 2.41 bits per heavy atom. The third-order valence-corrected chi connectivity index (χ3v) is 3.99. The number of ether oxygens (including phenoxy) is 1. The van der Waals surface area contributed by atoms with Gasteiger partial charge in [0.25, 0.3) is 0 Å². The highest BCUT2D eigenvalue weighted by molar-refractivity contribution is 6.35. The van der Waals surface area contributed by atoms with Crippen molar-refractivity contribution in [3.63, 3.8) is 0 Å². The van der Waals surface area contributed by atoms with E-state index < -0.39 is 6.10 Å². The van der Waals surface area contributed by atoms with Gasteiger partial charge in [0.2, 0.25) is 0 Å². The molecule has 1 aromatic rings. The van der Waals surface area contributed by atoms with E-state index in [1.165, 1.54) is 0 Å². The minimum Gasteiger partial charge on any atom is -0.389 e. The second-order valence-corrected chi connectivity index (χ2v) is 6.16. The van der Waals surface area contributed by atoms with Gasteiger partial charge >= 0.3 is 0 Å². The zero-order valence-electron chi connectivity index (χ0n) is 12.3. The molecule has 1 aliphatic rings. The molecule has 1 fully saturated rings. The predicted molar refractivity (Wildman–Crippen MR) is 90.8 cm³/mol. The van der Waals surface area contributed by atoms with Gasteiger partial charge in [-0.15, -0.1) is 6.42 Å². The molecule has 1 saturated heterocycles. The Morgan fingerprint density at radius 1 is 1.18 bits per heavy atom. The number of benzene rings is 1. The molecule has 1 N–H and O–H groups in total. The first-order chi connectivity index (χ1) is 10.6. The van der Waals surface area contributed by atoms with Crippen LogP contribution in [0.2, 0.25) is 10.0 Å². The number of β-amino-alcohol motifs (C(OH)–C–C–N with tert-alkyl or cyclic N) is 1. The van der Waals surface area contributed by atoms with Crippen LogP contribution in [-0.2, 0) is 4.74 Å². The van der Waals surface area contributed by atoms with Crippen molar-refractivity contribution in [1.29, 1.82) is 0 Å². The van der Waals surface area contributed by atoms with Gasteiger partial charge < -0.3 is 14.7 Å². The third-order valence-electron chi connectivity index (χ3n) is 3.55. The lowest BCUT2D eigenvalue weighted by atomic mass is 10.2. The molecule has 4 nitrogen and oxygen atoms in total. The molecule has 0 radical (unpaired) electrons. The maximum atomic E-state index is 9.90. The van der Waals surface area contributed by atoms with Crippen LogP contribution in [0.15, 0.2) is 18.2 Å². The molecule has 0 amide bonds. The van der Waals surface area contributed by atoms with Gasteiger partial charge in [0.15, 0.2) is 0 Å². The predicted octanol–water partition coefficient (Wildman–Crippen LogP) is 2.13. The Balaban J connectivity index is 1.79. The van der Waals surface area contributed by atoms with E-state index in [0.717, 1.165) is 31.9 Å². The number of nitrogens with zero attached hydrogens (tertiary/aromatic N) is 2. The maximum Gasteiger partial charge on any atom is 0.107 e. The lowest BCUT2D eigenvalue weighted by Crippen LogP contribution is -2.49. The van der Waals surface area contributed by atoms with Crippen LogP contribution in [0, 0.1) is 12.3 Å². The van der Waals surface area contributed by atoms with Crippen LogP contribution >= 0.6 is 23.2 Å². The van der Waals surface area contributed by atoms with Crippen molar-refractivity contribution in [3.05, 3.63) is 28.2 Å². The van der Waals surface area contributed by atoms with E-state index in [1.54, 1.807) is 6.07 Å². The highest BCUT2D eigenvalue weighted by atomic mass is 35.5. The van der Waals surface area contributed by atoms with Crippen LogP contribution in [0.5, 0.6) is 0 Å². The number of rotatable bonds is 6. The van der Waals surface area contributed by atoms with Crippen molar-refractivity contribution in [1.82, 2.24) is 4.90 Å². The molecule has 0 saturated carbocycles. The SMILES string of the molecule is C#CCOCC(O)CN1CCN(c2cc(Cl)cc(Cl)c2)CC1. The minimum atomic E-state index is -0.513. The Labute approximate surface area is 141 Å². The fraction of sp³-hybridized carbons (Fsp3) is 0.500. The Hall–Kier alpha value is -0.960. The van der Waals surface area contributed by atoms with Gasteiger partial charge in [-0.2, -0.15) is 0 Å². The maximum absolute atomic E-state index is 9.90. The van der Waals surface area contributed by atoms with E-state index in [2.05, 4.69) is 15.7 Å². The van der Waals surface area contributed by atoms with Gasteiger partial charge in [-0.1, -0.05) is 29.1 Å². The quantitative estimate of drug-likeness (QED) is 0.634. The summed E-state index contributed by atoms with van der Waals surface area (Å²) in [5, 5.41) is 11.2. The molecule has 1 unspecified atom stereocenters. The summed E-state index contributed by atoms with van der Waals surface area (Å²) >= 11 is 12.1. The number of hydrogen-bond acceptors (Lipinski definition) is 4. The number of anilines is 1. The molecule has 0 bridgehead atoms. The van der Waals surface area contributed by atoms with Crippen LogP contribution in [0.1, 0.15) is 0 Å². The van der Waals surface area contributed by atoms with E-state index in [-0.39, 0.29) is 13.2 Å². The van der Waals surface area contributed by atoms with E-state index in [4.69, 9.17) is 34.4 Å². The van der Waals surface area contributed by atoms with Crippen LogP contribution in [0.4, 0.5) is 5.69 Å². The molecule has 0 aromatic heterocycles. The second-order valence-electron chi connectivity index (χ2n) is 5.29. The van der Waals surface area contributed by atoms with E-state index in [9.17, 15) is 5.11 Å². The van der Waals surface area contributed by atoms with Gasteiger partial charge in [0.1, 0.15) is 6.61 Å². The third kappa shape index (κ3) is 5.35. The van der Waals surface area contributed by atoms with Crippen molar-refractivity contribution in [2.24, 2.45) is 0 Å². The molecular weight excluding hydrogens is 323 g/mol. The number of hydrogen-bond donors (Lipinski definition) is 1. The fourth-order valence-corrected chi connectivity index (χ4v) is 3.03. The lowest BCUT2D eigenvalue weighted by Gasteiger charge is -2.37. The van der Waals surface area contributed by atoms with Crippen molar-refractivity contribution in [2.75, 3.05) is 50.8 Å². The van der Waals surface area contributed by atoms with Crippen LogP contribution < -0.4 is 4.90 Å². The molecule has 6 heteroatoms. The standard InChI is InChI=1S/C16H20Cl2N2O2/c1-2-7-22-12-16(21)11-19-3-5-20(6-4-19)15-9-13(17)8-14(18)10-15/h1,8-10,16,21H,3-7,11-12H2. The molecule has 120 valence electrons. The lowest BCUT2D eigenvalue weighted by molar-refractivity contribution is 0.0267. The van der Waals surface area contributed by atoms with Crippen molar-refractivity contribution in [2.45, 2.75) is 6.10 Å². The van der Waals surface area contributed by atoms with Crippen molar-refractivity contribution >= 4 is 28.9 Å². The van der Waals surface area contributed by atoms with Gasteiger partial charge in [-0.25, -0.2) is 0 Å². The Bertz CT molecular complexity index is 505. The molecule has 1 aromatic carbocycles. The van der Waals surface area contributed by atoms with Crippen molar-refractivity contribution < 1.29 is 9.84 Å². The van der Waals surface area contributed by atoms with Crippen molar-refractivity contribution in [3.8, 4) is 12.3 Å². The summed E-state index contributed by atoms with van der Waals surface area (Å²) < 4.78 is 5.15. The Morgan fingerprint density at radius 2 is 1.82 bits per heavy atom. The van der Waals surface area contributed by atoms with Crippen LogP contribution in [-0.4, -0.2) is 62.0 Å². The van der Waals surface area contributed by atoms with E-state index in [1.807, 2.05) is 12.1 Å². The number of aliphatic hydroxyl groups excluding tert-OH is 1. The molecule has 1 aliphatic heterocycles. The molecule has 22 heavy (non-hydrogen) atoms. The summed E-state index contributed by atoms with van der Waals surface area (Å²) in [6.07, 6.45) is 4.59. The first-order valence-corrected chi connectivity index (χ1v) is 7.96. The zero-order chi connectivity index (χ0) is 15.9. The molecule has 0 aliphatic carbocycles. The summed E-state index contributed by atoms with van der Waals surface area (Å²) in [5.74, 6) is 2.38. The summed E-state index contributed by atoms with van der Waals surface area (Å²) in [6, 6.07) is 5.58. The van der Waals surface area contributed by atoms with Crippen LogP contribution in [0.25, 0.3) is 0 Å². The number of terminal acetylenes is 1. The first-order valence-electron chi connectivity index (χ1n) is 7.21. The van der Waals surface area contributed by atoms with Crippen LogP contribution in [0.3, 0.4) is 0 Å². The minimum absolute atomic E-state index is 0.236. The largest absolute Gasteiger partial charge is 0.389 e. The molecule has 1 atom stereocenters. The smallest absolute Gasteiger partial charge is 0.107 e. The molecule has 2 rings (SSSR count). The number of aliphatic hydroxyl groups is 1. The molecule has 0 spiro atoms. The average molecular weight is 343 g/mol. The van der Waals surface area contributed by atoms with E-state index in [0.29, 0.717) is 16.6 Å². The summed E-state index contributed by atoms with van der Waals surface area (Å²) in [7, 11) is 0. The van der Waals surface area contributed by atoms with E-state index >= 15 is 0 Å². The highest BCUT2D eigenvalue weighted by Gasteiger charge is 2.20. The Kier molecular flexibility index (Phi) is 6.81. The number of piperazine rings is 1. The zero-order valence-corrected chi connectivity index (χ0v) is 13.9. The first kappa shape index (κ1) is 17.4. The number of halogens is 2. The van der Waals surface area contributed by atoms with Gasteiger partial charge in [-0.05, 0) is 18.2 Å². The van der Waals surface area contributed by atoms with Gasteiger partial charge in [0.05, 0.1) is 12.7 Å². The highest BCUT2D eigenvalue weighted by Crippen LogP contribution is 2.26. The van der Waals surface area contributed by atoms with Gasteiger partial charge in [-0.3, -0.25) is 4.90 Å². The van der Waals surface area contributed by atoms with Gasteiger partial charge in [0, 0.05) is 48.5 Å². The summed E-state index contributed by atoms with van der Waals surface area (Å²) in [4.78, 5) is 4.46. The summed E-state index contributed by atoms with van der Waals surface area (Å²) in [6.45, 7) is 4.58. The average Bonchev–Trinajstić information content (AvgIpc) is 2.47. The second kappa shape index (κ2) is 8.61.